The maximum absolute atomic E-state index is 13.0. The Kier molecular flexibility index (Phi) is 6.30. The fourth-order valence-electron chi connectivity index (χ4n) is 3.98. The maximum Gasteiger partial charge on any atom is 0.289 e. The minimum absolute atomic E-state index is 0.0663. The van der Waals surface area contributed by atoms with Crippen LogP contribution in [0, 0.1) is 0 Å². The zero-order chi connectivity index (χ0) is 26.4. The van der Waals surface area contributed by atoms with E-state index in [4.69, 9.17) is 16.3 Å². The number of thiazole rings is 1. The summed E-state index contributed by atoms with van der Waals surface area (Å²) in [5.74, 6) is -3.31. The Labute approximate surface area is 219 Å². The van der Waals surface area contributed by atoms with Gasteiger partial charge in [-0.1, -0.05) is 16.5 Å². The molecule has 0 saturated carbocycles. The van der Waals surface area contributed by atoms with Crippen LogP contribution in [0.5, 0.6) is 0 Å². The highest BCUT2D eigenvalue weighted by Crippen LogP contribution is 2.40. The molecule has 1 saturated heterocycles. The highest BCUT2D eigenvalue weighted by molar-refractivity contribution is 8.00. The van der Waals surface area contributed by atoms with E-state index in [1.54, 1.807) is 26.9 Å². The Bertz CT molecular complexity index is 1520. The highest BCUT2D eigenvalue weighted by atomic mass is 32.2. The Morgan fingerprint density at radius 2 is 2.19 bits per heavy atom. The van der Waals surface area contributed by atoms with Crippen molar-refractivity contribution in [3.8, 4) is 0 Å². The normalized spacial score (nSPS) is 19.5. The van der Waals surface area contributed by atoms with E-state index >= 15 is 0 Å². The number of nitrogen functional groups attached to an aromatic ring is 1. The van der Waals surface area contributed by atoms with Crippen molar-refractivity contribution in [1.29, 1.82) is 0 Å². The van der Waals surface area contributed by atoms with Crippen LogP contribution in [0.2, 0.25) is 0 Å². The van der Waals surface area contributed by atoms with Crippen LogP contribution in [0.4, 0.5) is 5.13 Å². The van der Waals surface area contributed by atoms with Crippen molar-refractivity contribution in [2.24, 2.45) is 10.9 Å². The van der Waals surface area contributed by atoms with E-state index in [1.165, 1.54) is 30.2 Å². The molecule has 3 aromatic heterocycles. The number of β-lactam (4-membered cyclic amide) rings is 1. The first-order valence-corrected chi connectivity index (χ1v) is 13.1. The lowest BCUT2D eigenvalue weighted by Gasteiger charge is -2.50. The average Bonchev–Trinajstić information content (AvgIpc) is 3.56. The second-order valence-corrected chi connectivity index (χ2v) is 10.6. The van der Waals surface area contributed by atoms with E-state index in [2.05, 4.69) is 19.8 Å². The summed E-state index contributed by atoms with van der Waals surface area (Å²) < 4.78 is 7.23. The average molecular weight is 564 g/mol. The van der Waals surface area contributed by atoms with Gasteiger partial charge in [-0.2, -0.15) is 13.8 Å². The monoisotopic (exact) mass is 563 g/mol. The van der Waals surface area contributed by atoms with Crippen LogP contribution in [-0.4, -0.2) is 72.3 Å². The second kappa shape index (κ2) is 9.45. The zero-order valence-electron chi connectivity index (χ0n) is 18.8. The van der Waals surface area contributed by atoms with Crippen LogP contribution in [-0.2, 0) is 25.8 Å². The summed E-state index contributed by atoms with van der Waals surface area (Å²) in [4.78, 5) is 59.9. The van der Waals surface area contributed by atoms with Gasteiger partial charge in [-0.25, -0.2) is 4.57 Å². The minimum Gasteiger partial charge on any atom is -0.543 e. The molecule has 5 rings (SSSR count). The molecule has 0 radical (unpaired) electrons. The molecule has 1 fully saturated rings. The number of fused-ring (bicyclic) bond motifs is 2. The van der Waals surface area contributed by atoms with Gasteiger partial charge in [0.05, 0.1) is 11.7 Å². The number of thioether (sulfide) groups is 1. The van der Waals surface area contributed by atoms with Gasteiger partial charge in [0.1, 0.15) is 31.3 Å². The van der Waals surface area contributed by atoms with Gasteiger partial charge >= 0.3 is 0 Å². The lowest BCUT2D eigenvalue weighted by Crippen LogP contribution is -2.71. The quantitative estimate of drug-likeness (QED) is 0.111. The predicted octanol–water partition coefficient (Wildman–Crippen LogP) is -2.72. The molecule has 3 amide bonds. The molecular formula is C19H17N9O6S3. The molecule has 18 heteroatoms. The van der Waals surface area contributed by atoms with Crippen LogP contribution < -0.4 is 26.5 Å². The summed E-state index contributed by atoms with van der Waals surface area (Å²) in [5.41, 5.74) is 11.2. The number of nitrogens with zero attached hydrogens (tertiary/aromatic N) is 6. The maximum atomic E-state index is 13.0. The number of hydrogen-bond acceptors (Lipinski definition) is 13. The van der Waals surface area contributed by atoms with Crippen molar-refractivity contribution >= 4 is 74.0 Å². The number of nitrogens with one attached hydrogen (secondary N) is 1. The smallest absolute Gasteiger partial charge is 0.289 e. The van der Waals surface area contributed by atoms with Crippen molar-refractivity contribution in [1.82, 2.24) is 24.0 Å². The largest absolute Gasteiger partial charge is 0.543 e. The molecule has 37 heavy (non-hydrogen) atoms. The van der Waals surface area contributed by atoms with Gasteiger partial charge in [-0.15, -0.1) is 11.8 Å². The van der Waals surface area contributed by atoms with E-state index in [0.29, 0.717) is 11.3 Å². The fourth-order valence-corrected chi connectivity index (χ4v) is 6.66. The summed E-state index contributed by atoms with van der Waals surface area (Å²) in [6.07, 6.45) is 3.37. The van der Waals surface area contributed by atoms with Gasteiger partial charge in [0.15, 0.2) is 5.13 Å². The molecule has 0 unspecified atom stereocenters. The molecule has 2 atom stereocenters. The predicted molar refractivity (Wildman–Crippen MR) is 129 cm³/mol. The van der Waals surface area contributed by atoms with Gasteiger partial charge in [0.2, 0.25) is 22.1 Å². The Morgan fingerprint density at radius 1 is 1.41 bits per heavy atom. The molecule has 0 aromatic carbocycles. The lowest BCUT2D eigenvalue weighted by atomic mass is 10.0. The van der Waals surface area contributed by atoms with Crippen molar-refractivity contribution in [3.05, 3.63) is 40.7 Å². The van der Waals surface area contributed by atoms with Gasteiger partial charge in [0.25, 0.3) is 24.0 Å². The molecule has 5 heterocycles. The third kappa shape index (κ3) is 4.27. The van der Waals surface area contributed by atoms with Gasteiger partial charge in [-0.05, 0) is 0 Å². The molecule has 3 aromatic rings. The molecule has 0 bridgehead atoms. The number of carbonyl (C=O) groups is 4. The molecule has 0 aliphatic carbocycles. The van der Waals surface area contributed by atoms with Crippen molar-refractivity contribution in [2.45, 2.75) is 18.0 Å². The van der Waals surface area contributed by atoms with Crippen molar-refractivity contribution in [3.63, 3.8) is 0 Å². The third-order valence-electron chi connectivity index (χ3n) is 5.53. The summed E-state index contributed by atoms with van der Waals surface area (Å²) in [6, 6.07) is -1.02. The molecule has 2 aliphatic rings. The van der Waals surface area contributed by atoms with Crippen molar-refractivity contribution in [2.75, 3.05) is 18.6 Å². The topological polar surface area (TPSA) is 214 Å². The SMILES string of the molecule is CO/N=C(\C(=O)N[C@@H]1C(=O)N2C(C(=O)[O-])=C(C[n+]3cc4scc(C(N)=O)n4c3)CS[C@H]12)c1nsc(N)n1. The van der Waals surface area contributed by atoms with Crippen LogP contribution >= 0.6 is 34.6 Å². The van der Waals surface area contributed by atoms with E-state index in [0.717, 1.165) is 21.3 Å². The minimum atomic E-state index is -1.51. The Hall–Kier alpha value is -4.03. The number of hydrogen-bond donors (Lipinski definition) is 3. The van der Waals surface area contributed by atoms with E-state index in [9.17, 15) is 24.3 Å². The Balaban J connectivity index is 1.36. The number of aliphatic carboxylic acids is 1. The van der Waals surface area contributed by atoms with E-state index < -0.39 is 35.1 Å². The lowest BCUT2D eigenvalue weighted by molar-refractivity contribution is -0.687. The summed E-state index contributed by atoms with van der Waals surface area (Å²) in [5, 5.41) is 19.3. The number of primary amides is 1. The van der Waals surface area contributed by atoms with Crippen LogP contribution in [0.3, 0.4) is 0 Å². The number of carboxylic acid groups (broad SMARTS) is 1. The van der Waals surface area contributed by atoms with Crippen LogP contribution in [0.15, 0.2) is 34.3 Å². The molecule has 192 valence electrons. The summed E-state index contributed by atoms with van der Waals surface area (Å²) in [7, 11) is 1.23. The van der Waals surface area contributed by atoms with Crippen LogP contribution in [0.25, 0.3) is 4.83 Å². The number of oxime groups is 1. The number of imidazole rings is 1. The molecule has 2 aliphatic heterocycles. The number of carbonyl (C=O) groups excluding carboxylic acids is 4. The van der Waals surface area contributed by atoms with E-state index in [-0.39, 0.29) is 34.7 Å². The van der Waals surface area contributed by atoms with Crippen LogP contribution in [0.1, 0.15) is 16.3 Å². The first kappa shape index (κ1) is 24.7. The standard InChI is InChI=1S/C19H17N9O6S3/c1-34-24-10(14-23-19(21)37-25-14)15(30)22-11-16(31)28-12(18(32)33)7(4-36-17(11)28)2-26-3-9-27(6-26)8(5-35-9)13(20)29/h3,5-6,11,17H,2,4H2,1H3,(H5-,20,21,22,23,25,29,30,32,33)/b24-10-/t11-,17-/m1/s1. The first-order valence-electron chi connectivity index (χ1n) is 10.4. The molecule has 5 N–H and O–H groups in total. The number of nitrogens with two attached hydrogens (primary N) is 2. The summed E-state index contributed by atoms with van der Waals surface area (Å²) >= 11 is 3.45. The number of rotatable bonds is 8. The Morgan fingerprint density at radius 3 is 2.84 bits per heavy atom. The van der Waals surface area contributed by atoms with Gasteiger partial charge in [-0.3, -0.25) is 19.3 Å². The number of aromatic nitrogens is 4. The molecule has 0 spiro atoms. The third-order valence-corrected chi connectivity index (χ3v) is 8.30. The number of amides is 3. The van der Waals surface area contributed by atoms with Crippen molar-refractivity contribution < 1.29 is 33.7 Å². The van der Waals surface area contributed by atoms with E-state index in [1.807, 2.05) is 0 Å². The molecule has 15 nitrogen and oxygen atoms in total. The zero-order valence-corrected chi connectivity index (χ0v) is 21.3. The fraction of sp³-hybridized carbons (Fsp3) is 0.263. The second-order valence-electron chi connectivity index (χ2n) is 7.79. The highest BCUT2D eigenvalue weighted by Gasteiger charge is 2.53. The first-order chi connectivity index (χ1) is 17.7. The molecular weight excluding hydrogens is 546 g/mol. The number of carboxylic acids is 1. The number of anilines is 1. The van der Waals surface area contributed by atoms with Gasteiger partial charge in [0, 0.05) is 28.2 Å². The summed E-state index contributed by atoms with van der Waals surface area (Å²) in [6.45, 7) is 0.137. The van der Waals surface area contributed by atoms with Gasteiger partial charge < -0.3 is 31.5 Å².